The zero-order valence-corrected chi connectivity index (χ0v) is 14.2. The third-order valence-electron chi connectivity index (χ3n) is 3.88. The molecule has 1 aromatic heterocycles. The van der Waals surface area contributed by atoms with Crippen molar-refractivity contribution < 1.29 is 13.9 Å². The normalized spacial score (nSPS) is 18.2. The van der Waals surface area contributed by atoms with E-state index in [1.807, 2.05) is 32.0 Å². The highest BCUT2D eigenvalue weighted by Gasteiger charge is 2.25. The molecule has 1 heterocycles. The number of benzene rings is 1. The van der Waals surface area contributed by atoms with Crippen molar-refractivity contribution in [1.82, 2.24) is 10.2 Å². The standard InChI is InChI=1S/C17H20N2O3S/c1-11-7-8-12(2)14(9-11)21-10-16-18-19-17(22-16)23-15-6-4-3-5-13(15)20/h7-9,15H,3-6,10H2,1-2H3/t15-/m0/s1. The predicted molar refractivity (Wildman–Crippen MR) is 87.7 cm³/mol. The van der Waals surface area contributed by atoms with Crippen LogP contribution in [-0.4, -0.2) is 21.2 Å². The Morgan fingerprint density at radius 3 is 3.00 bits per heavy atom. The van der Waals surface area contributed by atoms with Crippen molar-refractivity contribution in [3.63, 3.8) is 0 Å². The van der Waals surface area contributed by atoms with E-state index in [9.17, 15) is 4.79 Å². The molecule has 1 aromatic carbocycles. The van der Waals surface area contributed by atoms with E-state index >= 15 is 0 Å². The number of carbonyl (C=O) groups excluding carboxylic acids is 1. The molecule has 6 heteroatoms. The molecular formula is C17H20N2O3S. The summed E-state index contributed by atoms with van der Waals surface area (Å²) >= 11 is 1.38. The summed E-state index contributed by atoms with van der Waals surface area (Å²) in [5.74, 6) is 1.53. The van der Waals surface area contributed by atoms with Gasteiger partial charge in [-0.05, 0) is 43.9 Å². The van der Waals surface area contributed by atoms with Gasteiger partial charge < -0.3 is 9.15 Å². The highest BCUT2D eigenvalue weighted by atomic mass is 32.2. The smallest absolute Gasteiger partial charge is 0.277 e. The first-order valence-corrected chi connectivity index (χ1v) is 8.71. The topological polar surface area (TPSA) is 65.2 Å². The summed E-state index contributed by atoms with van der Waals surface area (Å²) in [5.41, 5.74) is 2.21. The monoisotopic (exact) mass is 332 g/mol. The Bertz CT molecular complexity index is 699. The number of hydrogen-bond acceptors (Lipinski definition) is 6. The molecule has 0 spiro atoms. The predicted octanol–water partition coefficient (Wildman–Crippen LogP) is 3.87. The zero-order chi connectivity index (χ0) is 16.2. The van der Waals surface area contributed by atoms with Crippen LogP contribution >= 0.6 is 11.8 Å². The molecule has 1 aliphatic carbocycles. The SMILES string of the molecule is Cc1ccc(C)c(OCc2nnc(S[C@H]3CCCCC3=O)o2)c1. The van der Waals surface area contributed by atoms with Gasteiger partial charge in [-0.15, -0.1) is 10.2 Å². The minimum Gasteiger partial charge on any atom is -0.484 e. The van der Waals surface area contributed by atoms with Crippen LogP contribution in [0.15, 0.2) is 27.8 Å². The van der Waals surface area contributed by atoms with Crippen LogP contribution < -0.4 is 4.74 Å². The number of nitrogens with zero attached hydrogens (tertiary/aromatic N) is 2. The summed E-state index contributed by atoms with van der Waals surface area (Å²) < 4.78 is 11.3. The molecule has 0 bridgehead atoms. The van der Waals surface area contributed by atoms with E-state index in [0.717, 1.165) is 36.1 Å². The minimum atomic E-state index is -0.0445. The molecule has 0 radical (unpaired) electrons. The first-order chi connectivity index (χ1) is 11.1. The molecule has 122 valence electrons. The molecule has 1 aliphatic rings. The molecule has 2 aromatic rings. The largest absolute Gasteiger partial charge is 0.484 e. The number of ketones is 1. The molecule has 0 saturated heterocycles. The summed E-state index contributed by atoms with van der Waals surface area (Å²) in [6.45, 7) is 4.25. The highest BCUT2D eigenvalue weighted by molar-refractivity contribution is 8.00. The lowest BCUT2D eigenvalue weighted by atomic mass is 9.99. The van der Waals surface area contributed by atoms with Crippen LogP contribution in [0.4, 0.5) is 0 Å². The van der Waals surface area contributed by atoms with Gasteiger partial charge in [-0.2, -0.15) is 0 Å². The Morgan fingerprint density at radius 1 is 1.30 bits per heavy atom. The molecular weight excluding hydrogens is 312 g/mol. The Balaban J connectivity index is 1.59. The molecule has 0 unspecified atom stereocenters. The summed E-state index contributed by atoms with van der Waals surface area (Å²) in [4.78, 5) is 11.9. The van der Waals surface area contributed by atoms with Gasteiger partial charge in [0, 0.05) is 6.42 Å². The van der Waals surface area contributed by atoms with E-state index in [1.165, 1.54) is 11.8 Å². The van der Waals surface area contributed by atoms with Gasteiger partial charge in [0.05, 0.1) is 5.25 Å². The first kappa shape index (κ1) is 16.1. The number of thioether (sulfide) groups is 1. The van der Waals surface area contributed by atoms with Gasteiger partial charge in [-0.1, -0.05) is 30.3 Å². The van der Waals surface area contributed by atoms with Crippen molar-refractivity contribution in [3.05, 3.63) is 35.2 Å². The van der Waals surface area contributed by atoms with E-state index in [0.29, 0.717) is 17.5 Å². The molecule has 0 amide bonds. The summed E-state index contributed by atoms with van der Waals surface area (Å²) in [7, 11) is 0. The van der Waals surface area contributed by atoms with E-state index in [-0.39, 0.29) is 17.6 Å². The molecule has 3 rings (SSSR count). The second kappa shape index (κ2) is 7.17. The lowest BCUT2D eigenvalue weighted by molar-refractivity contribution is -0.119. The minimum absolute atomic E-state index is 0.0445. The molecule has 1 saturated carbocycles. The number of rotatable bonds is 5. The lowest BCUT2D eigenvalue weighted by Crippen LogP contribution is -2.21. The number of hydrogen-bond donors (Lipinski definition) is 0. The van der Waals surface area contributed by atoms with Crippen molar-refractivity contribution in [1.29, 1.82) is 0 Å². The van der Waals surface area contributed by atoms with Gasteiger partial charge >= 0.3 is 0 Å². The summed E-state index contributed by atoms with van der Waals surface area (Å²) in [6, 6.07) is 6.06. The summed E-state index contributed by atoms with van der Waals surface area (Å²) in [5, 5.41) is 8.42. The molecule has 23 heavy (non-hydrogen) atoms. The highest BCUT2D eigenvalue weighted by Crippen LogP contribution is 2.31. The van der Waals surface area contributed by atoms with Crippen LogP contribution in [0.5, 0.6) is 5.75 Å². The molecule has 0 aliphatic heterocycles. The fourth-order valence-electron chi connectivity index (χ4n) is 2.54. The first-order valence-electron chi connectivity index (χ1n) is 7.83. The Hall–Kier alpha value is -1.82. The van der Waals surface area contributed by atoms with Crippen molar-refractivity contribution in [3.8, 4) is 5.75 Å². The number of aromatic nitrogens is 2. The average Bonchev–Trinajstić information content (AvgIpc) is 2.98. The van der Waals surface area contributed by atoms with Gasteiger partial charge in [0.2, 0.25) is 0 Å². The molecule has 1 fully saturated rings. The van der Waals surface area contributed by atoms with Crippen LogP contribution in [0.25, 0.3) is 0 Å². The third-order valence-corrected chi connectivity index (χ3v) is 5.03. The van der Waals surface area contributed by atoms with Crippen molar-refractivity contribution in [2.24, 2.45) is 0 Å². The fourth-order valence-corrected chi connectivity index (χ4v) is 3.55. The number of ether oxygens (including phenoxy) is 1. The molecule has 1 atom stereocenters. The van der Waals surface area contributed by atoms with Gasteiger partial charge in [0.15, 0.2) is 6.61 Å². The fraction of sp³-hybridized carbons (Fsp3) is 0.471. The van der Waals surface area contributed by atoms with Crippen LogP contribution in [0.1, 0.15) is 42.7 Å². The van der Waals surface area contributed by atoms with Crippen molar-refractivity contribution >= 4 is 17.5 Å². The molecule has 0 N–H and O–H groups in total. The van der Waals surface area contributed by atoms with Gasteiger partial charge in [-0.3, -0.25) is 4.79 Å². The second-order valence-electron chi connectivity index (χ2n) is 5.84. The van der Waals surface area contributed by atoms with E-state index in [4.69, 9.17) is 9.15 Å². The van der Waals surface area contributed by atoms with E-state index in [1.54, 1.807) is 0 Å². The Labute approximate surface area is 139 Å². The van der Waals surface area contributed by atoms with Crippen molar-refractivity contribution in [2.45, 2.75) is 56.6 Å². The zero-order valence-electron chi connectivity index (χ0n) is 13.4. The maximum atomic E-state index is 11.9. The quantitative estimate of drug-likeness (QED) is 0.828. The molecule has 5 nitrogen and oxygen atoms in total. The average molecular weight is 332 g/mol. The maximum absolute atomic E-state index is 11.9. The number of aryl methyl sites for hydroxylation is 2. The lowest BCUT2D eigenvalue weighted by Gasteiger charge is -2.17. The summed E-state index contributed by atoms with van der Waals surface area (Å²) in [6.07, 6.45) is 3.63. The number of carbonyl (C=O) groups is 1. The van der Waals surface area contributed by atoms with E-state index in [2.05, 4.69) is 10.2 Å². The van der Waals surface area contributed by atoms with Crippen LogP contribution in [-0.2, 0) is 11.4 Å². The van der Waals surface area contributed by atoms with Crippen LogP contribution in [0.2, 0.25) is 0 Å². The van der Waals surface area contributed by atoms with Gasteiger partial charge in [0.1, 0.15) is 11.5 Å². The van der Waals surface area contributed by atoms with Crippen LogP contribution in [0, 0.1) is 13.8 Å². The van der Waals surface area contributed by atoms with Crippen LogP contribution in [0.3, 0.4) is 0 Å². The van der Waals surface area contributed by atoms with E-state index < -0.39 is 0 Å². The van der Waals surface area contributed by atoms with Crippen molar-refractivity contribution in [2.75, 3.05) is 0 Å². The Kier molecular flexibility index (Phi) is 5.00. The second-order valence-corrected chi connectivity index (χ2v) is 6.99. The number of Topliss-reactive ketones (excluding diaryl/α,β-unsaturated/α-hetero) is 1. The maximum Gasteiger partial charge on any atom is 0.277 e. The van der Waals surface area contributed by atoms with Gasteiger partial charge in [0.25, 0.3) is 11.1 Å². The van der Waals surface area contributed by atoms with Gasteiger partial charge in [-0.25, -0.2) is 0 Å². The Morgan fingerprint density at radius 2 is 2.17 bits per heavy atom. The third kappa shape index (κ3) is 4.13.